The lowest BCUT2D eigenvalue weighted by molar-refractivity contribution is 0.224. The van der Waals surface area contributed by atoms with Crippen LogP contribution in [0.25, 0.3) is 11.2 Å². The molecule has 1 saturated heterocycles. The number of nitrogen functional groups attached to an aromatic ring is 1. The van der Waals surface area contributed by atoms with Crippen LogP contribution >= 0.6 is 0 Å². The van der Waals surface area contributed by atoms with Crippen molar-refractivity contribution in [1.82, 2.24) is 24.2 Å². The van der Waals surface area contributed by atoms with E-state index in [0.717, 1.165) is 49.2 Å². The van der Waals surface area contributed by atoms with Gasteiger partial charge in [0.2, 0.25) is 5.95 Å². The van der Waals surface area contributed by atoms with E-state index in [9.17, 15) is 0 Å². The van der Waals surface area contributed by atoms with E-state index in [1.807, 2.05) is 11.7 Å². The van der Waals surface area contributed by atoms with Crippen molar-refractivity contribution in [1.29, 1.82) is 0 Å². The molecule has 1 aliphatic heterocycles. The molecular weight excluding hydrogens is 240 g/mol. The van der Waals surface area contributed by atoms with E-state index < -0.39 is 0 Å². The summed E-state index contributed by atoms with van der Waals surface area (Å²) in [5, 5.41) is 4.55. The molecule has 1 aliphatic rings. The summed E-state index contributed by atoms with van der Waals surface area (Å²) in [6, 6.07) is 0.446. The first-order chi connectivity index (χ1) is 9.11. The number of nitrogens with zero attached hydrogens (tertiary/aromatic N) is 5. The van der Waals surface area contributed by atoms with Gasteiger partial charge in [-0.25, -0.2) is 4.98 Å². The van der Waals surface area contributed by atoms with Gasteiger partial charge in [0.05, 0.1) is 5.69 Å². The minimum atomic E-state index is 0.446. The Kier molecular flexibility index (Phi) is 2.97. The Labute approximate surface area is 113 Å². The van der Waals surface area contributed by atoms with Gasteiger partial charge in [0, 0.05) is 13.1 Å². The van der Waals surface area contributed by atoms with E-state index in [1.165, 1.54) is 0 Å². The molecule has 0 aliphatic carbocycles. The number of fused-ring (bicyclic) bond motifs is 1. The molecule has 3 heterocycles. The fourth-order valence-electron chi connectivity index (χ4n) is 3.07. The topological polar surface area (TPSA) is 64.9 Å². The molecule has 1 fully saturated rings. The molecule has 6 nitrogen and oxygen atoms in total. The molecule has 2 N–H and O–H groups in total. The second-order valence-corrected chi connectivity index (χ2v) is 5.47. The third-order valence-corrected chi connectivity index (χ3v) is 4.15. The zero-order valence-electron chi connectivity index (χ0n) is 11.9. The summed E-state index contributed by atoms with van der Waals surface area (Å²) >= 11 is 0. The molecule has 3 rings (SSSR count). The molecule has 2 aromatic heterocycles. The minimum absolute atomic E-state index is 0.446. The second kappa shape index (κ2) is 4.52. The zero-order chi connectivity index (χ0) is 13.6. The van der Waals surface area contributed by atoms with Gasteiger partial charge in [0.15, 0.2) is 5.65 Å². The average Bonchev–Trinajstić information content (AvgIpc) is 2.88. The van der Waals surface area contributed by atoms with Crippen LogP contribution in [0.15, 0.2) is 0 Å². The lowest BCUT2D eigenvalue weighted by Gasteiger charge is -2.30. The van der Waals surface area contributed by atoms with E-state index in [4.69, 9.17) is 5.73 Å². The first-order valence-corrected chi connectivity index (χ1v) is 6.99. The highest BCUT2D eigenvalue weighted by molar-refractivity contribution is 5.78. The molecule has 104 valence electrons. The number of aryl methyl sites for hydroxylation is 2. The van der Waals surface area contributed by atoms with Crippen molar-refractivity contribution in [2.45, 2.75) is 32.2 Å². The number of imidazole rings is 1. The van der Waals surface area contributed by atoms with E-state index >= 15 is 0 Å². The van der Waals surface area contributed by atoms with Crippen LogP contribution < -0.4 is 5.73 Å². The molecule has 0 radical (unpaired) electrons. The molecule has 19 heavy (non-hydrogen) atoms. The van der Waals surface area contributed by atoms with E-state index in [1.54, 1.807) is 0 Å². The number of hydrogen-bond donors (Lipinski definition) is 1. The average molecular weight is 262 g/mol. The summed E-state index contributed by atoms with van der Waals surface area (Å²) in [7, 11) is 4.15. The van der Waals surface area contributed by atoms with Crippen LogP contribution in [0.5, 0.6) is 0 Å². The highest BCUT2D eigenvalue weighted by atomic mass is 15.4. The lowest BCUT2D eigenvalue weighted by atomic mass is 10.1. The molecule has 0 aromatic carbocycles. The number of nitrogens with two attached hydrogens (primary N) is 1. The molecular formula is C13H22N6. The Morgan fingerprint density at radius 1 is 1.26 bits per heavy atom. The summed E-state index contributed by atoms with van der Waals surface area (Å²) in [4.78, 5) is 6.91. The molecule has 0 atom stereocenters. The van der Waals surface area contributed by atoms with Crippen LogP contribution in [0.1, 0.15) is 31.5 Å². The van der Waals surface area contributed by atoms with E-state index in [2.05, 4.69) is 33.5 Å². The highest BCUT2D eigenvalue weighted by Crippen LogP contribution is 2.30. The molecule has 0 saturated carbocycles. The predicted molar refractivity (Wildman–Crippen MR) is 76.1 cm³/mol. The first kappa shape index (κ1) is 12.5. The first-order valence-electron chi connectivity index (χ1n) is 6.99. The van der Waals surface area contributed by atoms with Gasteiger partial charge >= 0.3 is 0 Å². The smallest absolute Gasteiger partial charge is 0.202 e. The van der Waals surface area contributed by atoms with E-state index in [-0.39, 0.29) is 0 Å². The summed E-state index contributed by atoms with van der Waals surface area (Å²) < 4.78 is 4.12. The summed E-state index contributed by atoms with van der Waals surface area (Å²) in [6.07, 6.45) is 3.14. The predicted octanol–water partition coefficient (Wildman–Crippen LogP) is 1.18. The number of anilines is 1. The van der Waals surface area contributed by atoms with Crippen LogP contribution in [0.3, 0.4) is 0 Å². The molecule has 0 amide bonds. The monoisotopic (exact) mass is 262 g/mol. The maximum atomic E-state index is 6.15. The quantitative estimate of drug-likeness (QED) is 0.882. The maximum Gasteiger partial charge on any atom is 0.202 e. The fourth-order valence-corrected chi connectivity index (χ4v) is 3.07. The van der Waals surface area contributed by atoms with Crippen molar-refractivity contribution in [3.63, 3.8) is 0 Å². The highest BCUT2D eigenvalue weighted by Gasteiger charge is 2.25. The lowest BCUT2D eigenvalue weighted by Crippen LogP contribution is -2.32. The number of piperidine rings is 1. The number of aromatic nitrogens is 4. The molecule has 6 heteroatoms. The van der Waals surface area contributed by atoms with Crippen molar-refractivity contribution < 1.29 is 0 Å². The third-order valence-electron chi connectivity index (χ3n) is 4.15. The molecule has 0 unspecified atom stereocenters. The van der Waals surface area contributed by atoms with E-state index in [0.29, 0.717) is 12.0 Å². The van der Waals surface area contributed by atoms with Crippen LogP contribution in [-0.2, 0) is 13.5 Å². The van der Waals surface area contributed by atoms with Crippen molar-refractivity contribution in [3.05, 3.63) is 5.69 Å². The molecule has 2 aromatic rings. The SMILES string of the molecule is CCc1nn(C)c2c1nc(N)n2C1CCN(C)CC1. The maximum absolute atomic E-state index is 6.15. The normalized spacial score (nSPS) is 18.5. The number of hydrogen-bond acceptors (Lipinski definition) is 4. The zero-order valence-corrected chi connectivity index (χ0v) is 11.9. The van der Waals surface area contributed by atoms with Crippen molar-refractivity contribution in [3.8, 4) is 0 Å². The molecule has 0 bridgehead atoms. The van der Waals surface area contributed by atoms with Gasteiger partial charge in [-0.3, -0.25) is 9.25 Å². The summed E-state index contributed by atoms with van der Waals surface area (Å²) in [5.74, 6) is 0.632. The fraction of sp³-hybridized carbons (Fsp3) is 0.692. The Morgan fingerprint density at radius 2 is 1.95 bits per heavy atom. The van der Waals surface area contributed by atoms with Crippen molar-refractivity contribution >= 4 is 17.1 Å². The Balaban J connectivity index is 2.07. The summed E-state index contributed by atoms with van der Waals surface area (Å²) in [5.41, 5.74) is 9.24. The largest absolute Gasteiger partial charge is 0.369 e. The van der Waals surface area contributed by atoms with Gasteiger partial charge in [-0.1, -0.05) is 6.92 Å². The Bertz CT molecular complexity index is 588. The van der Waals surface area contributed by atoms with Crippen LogP contribution in [0.2, 0.25) is 0 Å². The third kappa shape index (κ3) is 1.90. The van der Waals surface area contributed by atoms with Crippen molar-refractivity contribution in [2.75, 3.05) is 25.9 Å². The molecule has 0 spiro atoms. The van der Waals surface area contributed by atoms with Gasteiger partial charge in [-0.2, -0.15) is 5.10 Å². The van der Waals surface area contributed by atoms with Gasteiger partial charge in [-0.05, 0) is 39.4 Å². The van der Waals surface area contributed by atoms with Gasteiger partial charge in [0.25, 0.3) is 0 Å². The van der Waals surface area contributed by atoms with Crippen LogP contribution in [-0.4, -0.2) is 44.4 Å². The van der Waals surface area contributed by atoms with Gasteiger partial charge in [0.1, 0.15) is 5.52 Å². The van der Waals surface area contributed by atoms with Gasteiger partial charge < -0.3 is 10.6 Å². The summed E-state index contributed by atoms with van der Waals surface area (Å²) in [6.45, 7) is 4.33. The second-order valence-electron chi connectivity index (χ2n) is 5.47. The Morgan fingerprint density at radius 3 is 2.58 bits per heavy atom. The number of likely N-dealkylation sites (tertiary alicyclic amines) is 1. The minimum Gasteiger partial charge on any atom is -0.369 e. The van der Waals surface area contributed by atoms with Crippen LogP contribution in [0, 0.1) is 0 Å². The Hall–Kier alpha value is -1.56. The number of rotatable bonds is 2. The van der Waals surface area contributed by atoms with Crippen LogP contribution in [0.4, 0.5) is 5.95 Å². The van der Waals surface area contributed by atoms with Crippen molar-refractivity contribution in [2.24, 2.45) is 7.05 Å². The van der Waals surface area contributed by atoms with Gasteiger partial charge in [-0.15, -0.1) is 0 Å². The standard InChI is InChI=1S/C13H22N6/c1-4-10-11-12(18(3)16-10)19(13(14)15-11)9-5-7-17(2)8-6-9/h9H,4-8H2,1-3H3,(H2,14,15).